The van der Waals surface area contributed by atoms with Crippen molar-refractivity contribution in [2.45, 2.75) is 20.4 Å². The van der Waals surface area contributed by atoms with Crippen LogP contribution in [0.3, 0.4) is 0 Å². The van der Waals surface area contributed by atoms with Crippen molar-refractivity contribution in [1.29, 1.82) is 0 Å². The lowest BCUT2D eigenvalue weighted by atomic mass is 10.2. The SMILES string of the molecule is COc1cc(CNCC(=O)NCC(C)C)cc(Cl)c1OC. The normalized spacial score (nSPS) is 10.6. The van der Waals surface area contributed by atoms with Crippen molar-refractivity contribution in [3.63, 3.8) is 0 Å². The minimum absolute atomic E-state index is 0.0183. The second-order valence-electron chi connectivity index (χ2n) is 5.11. The van der Waals surface area contributed by atoms with Gasteiger partial charge < -0.3 is 20.1 Å². The van der Waals surface area contributed by atoms with Gasteiger partial charge in [0.2, 0.25) is 5.91 Å². The number of ether oxygens (including phenoxy) is 2. The molecular formula is C15H23ClN2O3. The predicted octanol–water partition coefficient (Wildman–Crippen LogP) is 2.22. The van der Waals surface area contributed by atoms with Crippen LogP contribution in [0, 0.1) is 5.92 Å². The van der Waals surface area contributed by atoms with Crippen LogP contribution in [-0.2, 0) is 11.3 Å². The van der Waals surface area contributed by atoms with Crippen LogP contribution in [0.1, 0.15) is 19.4 Å². The lowest BCUT2D eigenvalue weighted by Gasteiger charge is -2.12. The Hall–Kier alpha value is -1.46. The first-order chi connectivity index (χ1) is 9.97. The van der Waals surface area contributed by atoms with Gasteiger partial charge in [0.15, 0.2) is 11.5 Å². The summed E-state index contributed by atoms with van der Waals surface area (Å²) in [5.74, 6) is 1.51. The third-order valence-corrected chi connectivity index (χ3v) is 3.10. The van der Waals surface area contributed by atoms with Gasteiger partial charge in [0.05, 0.1) is 25.8 Å². The average molecular weight is 315 g/mol. The molecule has 0 aliphatic heterocycles. The molecule has 0 fully saturated rings. The van der Waals surface area contributed by atoms with Gasteiger partial charge in [-0.15, -0.1) is 0 Å². The molecule has 0 aliphatic carbocycles. The maximum atomic E-state index is 11.6. The summed E-state index contributed by atoms with van der Waals surface area (Å²) >= 11 is 6.13. The molecule has 5 nitrogen and oxygen atoms in total. The van der Waals surface area contributed by atoms with E-state index in [4.69, 9.17) is 21.1 Å². The number of hydrogen-bond acceptors (Lipinski definition) is 4. The minimum atomic E-state index is -0.0183. The molecule has 0 radical (unpaired) electrons. The highest BCUT2D eigenvalue weighted by Gasteiger charge is 2.11. The molecule has 1 rings (SSSR count). The summed E-state index contributed by atoms with van der Waals surface area (Å²) in [6.45, 7) is 5.58. The van der Waals surface area contributed by atoms with E-state index in [0.717, 1.165) is 5.56 Å². The number of amides is 1. The molecule has 0 spiro atoms. The van der Waals surface area contributed by atoms with Crippen molar-refractivity contribution in [2.24, 2.45) is 5.92 Å². The Morgan fingerprint density at radius 2 is 2.00 bits per heavy atom. The Kier molecular flexibility index (Phi) is 7.32. The smallest absolute Gasteiger partial charge is 0.233 e. The number of halogens is 1. The van der Waals surface area contributed by atoms with Crippen molar-refractivity contribution in [1.82, 2.24) is 10.6 Å². The van der Waals surface area contributed by atoms with E-state index in [2.05, 4.69) is 24.5 Å². The Labute approximate surface area is 131 Å². The number of rotatable bonds is 8. The molecule has 2 N–H and O–H groups in total. The zero-order valence-corrected chi connectivity index (χ0v) is 13.7. The second kappa shape index (κ2) is 8.74. The standard InChI is InChI=1S/C15H23ClN2O3/c1-10(2)7-18-14(19)9-17-8-11-5-12(16)15(21-4)13(6-11)20-3/h5-6,10,17H,7-9H2,1-4H3,(H,18,19). The number of carbonyl (C=O) groups excluding carboxylic acids is 1. The first kappa shape index (κ1) is 17.6. The summed E-state index contributed by atoms with van der Waals surface area (Å²) in [6.07, 6.45) is 0. The zero-order valence-electron chi connectivity index (χ0n) is 13.0. The molecular weight excluding hydrogens is 292 g/mol. The molecule has 6 heteroatoms. The van der Waals surface area contributed by atoms with E-state index >= 15 is 0 Å². The van der Waals surface area contributed by atoms with Crippen LogP contribution in [0.2, 0.25) is 5.02 Å². The van der Waals surface area contributed by atoms with E-state index in [0.29, 0.717) is 35.5 Å². The van der Waals surface area contributed by atoms with Gasteiger partial charge >= 0.3 is 0 Å². The first-order valence-electron chi connectivity index (χ1n) is 6.85. The maximum absolute atomic E-state index is 11.6. The predicted molar refractivity (Wildman–Crippen MR) is 84.1 cm³/mol. The van der Waals surface area contributed by atoms with Gasteiger partial charge in [-0.1, -0.05) is 25.4 Å². The Morgan fingerprint density at radius 1 is 1.29 bits per heavy atom. The first-order valence-corrected chi connectivity index (χ1v) is 7.23. The summed E-state index contributed by atoms with van der Waals surface area (Å²) in [7, 11) is 3.10. The fourth-order valence-corrected chi connectivity index (χ4v) is 2.08. The summed E-state index contributed by atoms with van der Waals surface area (Å²) in [4.78, 5) is 11.6. The van der Waals surface area contributed by atoms with Gasteiger partial charge in [-0.05, 0) is 23.6 Å². The highest BCUT2D eigenvalue weighted by Crippen LogP contribution is 2.35. The molecule has 0 saturated carbocycles. The molecule has 1 aromatic carbocycles. The third kappa shape index (κ3) is 5.81. The largest absolute Gasteiger partial charge is 0.493 e. The number of carbonyl (C=O) groups is 1. The van der Waals surface area contributed by atoms with Crippen molar-refractivity contribution in [3.05, 3.63) is 22.7 Å². The van der Waals surface area contributed by atoms with Gasteiger partial charge in [0, 0.05) is 13.1 Å². The van der Waals surface area contributed by atoms with Gasteiger partial charge in [0.1, 0.15) is 0 Å². The van der Waals surface area contributed by atoms with Crippen LogP contribution in [0.25, 0.3) is 0 Å². The second-order valence-corrected chi connectivity index (χ2v) is 5.52. The number of methoxy groups -OCH3 is 2. The zero-order chi connectivity index (χ0) is 15.8. The maximum Gasteiger partial charge on any atom is 0.233 e. The van der Waals surface area contributed by atoms with Crippen LogP contribution in [-0.4, -0.2) is 33.2 Å². The molecule has 1 aromatic rings. The topological polar surface area (TPSA) is 59.6 Å². The van der Waals surface area contributed by atoms with E-state index in [1.54, 1.807) is 20.3 Å². The van der Waals surface area contributed by atoms with Crippen molar-refractivity contribution < 1.29 is 14.3 Å². The molecule has 0 atom stereocenters. The van der Waals surface area contributed by atoms with Crippen molar-refractivity contribution >= 4 is 17.5 Å². The number of nitrogens with one attached hydrogen (secondary N) is 2. The highest BCUT2D eigenvalue weighted by atomic mass is 35.5. The lowest BCUT2D eigenvalue weighted by molar-refractivity contribution is -0.120. The Bertz CT molecular complexity index is 478. The number of benzene rings is 1. The van der Waals surface area contributed by atoms with Crippen molar-refractivity contribution in [2.75, 3.05) is 27.3 Å². The van der Waals surface area contributed by atoms with Gasteiger partial charge in [-0.25, -0.2) is 0 Å². The summed E-state index contributed by atoms with van der Waals surface area (Å²) in [5.41, 5.74) is 0.925. The Balaban J connectivity index is 2.52. The van der Waals surface area contributed by atoms with Crippen molar-refractivity contribution in [3.8, 4) is 11.5 Å². The van der Waals surface area contributed by atoms with E-state index in [1.165, 1.54) is 0 Å². The van der Waals surface area contributed by atoms with E-state index in [-0.39, 0.29) is 12.5 Å². The van der Waals surface area contributed by atoms with Crippen LogP contribution < -0.4 is 20.1 Å². The van der Waals surface area contributed by atoms with E-state index < -0.39 is 0 Å². The molecule has 21 heavy (non-hydrogen) atoms. The van der Waals surface area contributed by atoms with Crippen LogP contribution in [0.4, 0.5) is 0 Å². The van der Waals surface area contributed by atoms with Gasteiger partial charge in [-0.3, -0.25) is 4.79 Å². The molecule has 0 aliphatic rings. The third-order valence-electron chi connectivity index (χ3n) is 2.82. The molecule has 0 unspecified atom stereocenters. The number of hydrogen-bond donors (Lipinski definition) is 2. The van der Waals surface area contributed by atoms with E-state index in [9.17, 15) is 4.79 Å². The van der Waals surface area contributed by atoms with Gasteiger partial charge in [0.25, 0.3) is 0 Å². The van der Waals surface area contributed by atoms with Gasteiger partial charge in [-0.2, -0.15) is 0 Å². The monoisotopic (exact) mass is 314 g/mol. The van der Waals surface area contributed by atoms with Crippen LogP contribution in [0.5, 0.6) is 11.5 Å². The molecule has 0 bridgehead atoms. The highest BCUT2D eigenvalue weighted by molar-refractivity contribution is 6.32. The molecule has 0 heterocycles. The van der Waals surface area contributed by atoms with Crippen LogP contribution >= 0.6 is 11.6 Å². The fourth-order valence-electron chi connectivity index (χ4n) is 1.77. The molecule has 0 saturated heterocycles. The quantitative estimate of drug-likeness (QED) is 0.772. The minimum Gasteiger partial charge on any atom is -0.493 e. The fraction of sp³-hybridized carbons (Fsp3) is 0.533. The van der Waals surface area contributed by atoms with E-state index in [1.807, 2.05) is 6.07 Å². The lowest BCUT2D eigenvalue weighted by Crippen LogP contribution is -2.35. The average Bonchev–Trinajstić information content (AvgIpc) is 2.44. The Morgan fingerprint density at radius 3 is 2.57 bits per heavy atom. The molecule has 0 aromatic heterocycles. The molecule has 1 amide bonds. The van der Waals surface area contributed by atoms with Crippen LogP contribution in [0.15, 0.2) is 12.1 Å². The summed E-state index contributed by atoms with van der Waals surface area (Å²) in [6, 6.07) is 3.63. The summed E-state index contributed by atoms with van der Waals surface area (Å²) in [5, 5.41) is 6.41. The summed E-state index contributed by atoms with van der Waals surface area (Å²) < 4.78 is 10.4. The molecule has 118 valence electrons.